The Balaban J connectivity index is 1.81. The first-order valence-corrected chi connectivity index (χ1v) is 7.54. The summed E-state index contributed by atoms with van der Waals surface area (Å²) in [6.45, 7) is 3.45. The molecule has 2 heterocycles. The van der Waals surface area contributed by atoms with Gasteiger partial charge in [-0.1, -0.05) is 0 Å². The van der Waals surface area contributed by atoms with Gasteiger partial charge in [0.25, 0.3) is 0 Å². The molecule has 5 heteroatoms. The second kappa shape index (κ2) is 4.98. The van der Waals surface area contributed by atoms with Gasteiger partial charge in [-0.05, 0) is 38.1 Å². The van der Waals surface area contributed by atoms with E-state index in [-0.39, 0.29) is 0 Å². The highest BCUT2D eigenvalue weighted by Crippen LogP contribution is 2.32. The van der Waals surface area contributed by atoms with E-state index >= 15 is 0 Å². The smallest absolute Gasteiger partial charge is 0.106 e. The highest BCUT2D eigenvalue weighted by Gasteiger charge is 2.21. The number of thiazole rings is 1. The van der Waals surface area contributed by atoms with Crippen molar-refractivity contribution in [2.75, 3.05) is 44.4 Å². The maximum Gasteiger partial charge on any atom is 0.106 e. The Morgan fingerprint density at radius 2 is 2.37 bits per heavy atom. The lowest BCUT2D eigenvalue weighted by atomic mass is 10.1. The van der Waals surface area contributed by atoms with E-state index < -0.39 is 0 Å². The Hall–Kier alpha value is -1.33. The van der Waals surface area contributed by atoms with Crippen LogP contribution < -0.4 is 10.6 Å². The largest absolute Gasteiger partial charge is 0.395 e. The van der Waals surface area contributed by atoms with Crippen molar-refractivity contribution in [2.45, 2.75) is 6.42 Å². The van der Waals surface area contributed by atoms with Crippen molar-refractivity contribution in [1.29, 1.82) is 0 Å². The second-order valence-electron chi connectivity index (χ2n) is 5.49. The fourth-order valence-corrected chi connectivity index (χ4v) is 3.63. The lowest BCUT2D eigenvalue weighted by molar-refractivity contribution is 0.396. The van der Waals surface area contributed by atoms with E-state index in [4.69, 9.17) is 5.73 Å². The van der Waals surface area contributed by atoms with E-state index in [0.717, 1.165) is 34.1 Å². The monoisotopic (exact) mass is 276 g/mol. The molecular formula is C14H20N4S. The van der Waals surface area contributed by atoms with Gasteiger partial charge in [-0.2, -0.15) is 0 Å². The van der Waals surface area contributed by atoms with Crippen LogP contribution >= 0.6 is 11.3 Å². The molecule has 2 N–H and O–H groups in total. The summed E-state index contributed by atoms with van der Waals surface area (Å²) >= 11 is 1.64. The highest BCUT2D eigenvalue weighted by atomic mass is 32.1. The number of hydrogen-bond donors (Lipinski definition) is 1. The van der Waals surface area contributed by atoms with Crippen LogP contribution in [0.5, 0.6) is 0 Å². The van der Waals surface area contributed by atoms with Crippen molar-refractivity contribution < 1.29 is 0 Å². The molecule has 1 aromatic heterocycles. The average Bonchev–Trinajstić information content (AvgIpc) is 2.99. The minimum atomic E-state index is 0.737. The molecule has 1 aliphatic rings. The van der Waals surface area contributed by atoms with Crippen LogP contribution in [0, 0.1) is 5.92 Å². The van der Waals surface area contributed by atoms with Gasteiger partial charge in [0, 0.05) is 20.1 Å². The van der Waals surface area contributed by atoms with Gasteiger partial charge in [-0.25, -0.2) is 4.98 Å². The van der Waals surface area contributed by atoms with Gasteiger partial charge < -0.3 is 15.5 Å². The van der Waals surface area contributed by atoms with Crippen LogP contribution in [0.1, 0.15) is 6.42 Å². The zero-order valence-corrected chi connectivity index (χ0v) is 12.3. The van der Waals surface area contributed by atoms with Crippen LogP contribution in [0.2, 0.25) is 0 Å². The fourth-order valence-electron chi connectivity index (χ4n) is 2.94. The van der Waals surface area contributed by atoms with Gasteiger partial charge in [0.15, 0.2) is 0 Å². The minimum absolute atomic E-state index is 0.737. The third kappa shape index (κ3) is 2.40. The molecule has 0 amide bonds. The molecule has 0 aliphatic carbocycles. The third-order valence-corrected chi connectivity index (χ3v) is 4.74. The number of nitrogens with two attached hydrogens (primary N) is 1. The molecule has 0 saturated carbocycles. The van der Waals surface area contributed by atoms with Crippen molar-refractivity contribution >= 4 is 32.9 Å². The molecule has 1 saturated heterocycles. The van der Waals surface area contributed by atoms with Gasteiger partial charge >= 0.3 is 0 Å². The number of benzene rings is 1. The number of hydrogen-bond acceptors (Lipinski definition) is 5. The quantitative estimate of drug-likeness (QED) is 0.874. The van der Waals surface area contributed by atoms with Crippen LogP contribution in [-0.2, 0) is 0 Å². The molecule has 0 radical (unpaired) electrons. The van der Waals surface area contributed by atoms with Gasteiger partial charge in [0.05, 0.1) is 21.6 Å². The Morgan fingerprint density at radius 3 is 3.11 bits per heavy atom. The van der Waals surface area contributed by atoms with Crippen molar-refractivity contribution in [2.24, 2.45) is 5.92 Å². The van der Waals surface area contributed by atoms with Crippen LogP contribution in [-0.4, -0.2) is 43.6 Å². The zero-order valence-electron chi connectivity index (χ0n) is 11.5. The number of fused-ring (bicyclic) bond motifs is 1. The Bertz CT molecular complexity index is 580. The van der Waals surface area contributed by atoms with Crippen LogP contribution in [0.15, 0.2) is 17.6 Å². The normalized spacial score (nSPS) is 20.2. The van der Waals surface area contributed by atoms with Crippen LogP contribution in [0.4, 0.5) is 11.4 Å². The highest BCUT2D eigenvalue weighted by molar-refractivity contribution is 7.16. The Labute approximate surface area is 117 Å². The summed E-state index contributed by atoms with van der Waals surface area (Å²) in [6, 6.07) is 4.24. The molecule has 19 heavy (non-hydrogen) atoms. The minimum Gasteiger partial charge on any atom is -0.395 e. The van der Waals surface area contributed by atoms with Gasteiger partial charge in [0.2, 0.25) is 0 Å². The summed E-state index contributed by atoms with van der Waals surface area (Å²) < 4.78 is 1.16. The van der Waals surface area contributed by atoms with E-state index in [9.17, 15) is 0 Å². The molecule has 2 aromatic rings. The molecule has 1 fully saturated rings. The van der Waals surface area contributed by atoms with Crippen molar-refractivity contribution in [3.05, 3.63) is 17.6 Å². The van der Waals surface area contributed by atoms with Crippen molar-refractivity contribution in [1.82, 2.24) is 9.88 Å². The predicted molar refractivity (Wildman–Crippen MR) is 82.9 cm³/mol. The summed E-state index contributed by atoms with van der Waals surface area (Å²) in [5.41, 5.74) is 11.0. The topological polar surface area (TPSA) is 45.4 Å². The molecule has 0 bridgehead atoms. The van der Waals surface area contributed by atoms with Crippen molar-refractivity contribution in [3.8, 4) is 0 Å². The molecule has 1 atom stereocenters. The molecule has 0 spiro atoms. The summed E-state index contributed by atoms with van der Waals surface area (Å²) in [4.78, 5) is 9.03. The third-order valence-electron chi connectivity index (χ3n) is 3.95. The summed E-state index contributed by atoms with van der Waals surface area (Å²) in [6.07, 6.45) is 1.28. The Kier molecular flexibility index (Phi) is 3.33. The maximum atomic E-state index is 6.26. The van der Waals surface area contributed by atoms with Crippen LogP contribution in [0.25, 0.3) is 10.2 Å². The van der Waals surface area contributed by atoms with Crippen molar-refractivity contribution in [3.63, 3.8) is 0 Å². The Morgan fingerprint density at radius 1 is 1.53 bits per heavy atom. The first-order chi connectivity index (χ1) is 9.15. The molecular weight excluding hydrogens is 256 g/mol. The van der Waals surface area contributed by atoms with Gasteiger partial charge in [-0.15, -0.1) is 11.3 Å². The SMILES string of the molecule is CN1CCC(CN(C)c2ccc3scnc3c2N)C1. The second-order valence-corrected chi connectivity index (χ2v) is 6.38. The molecule has 102 valence electrons. The first-order valence-electron chi connectivity index (χ1n) is 6.66. The molecule has 1 aliphatic heterocycles. The molecule has 1 aromatic carbocycles. The summed E-state index contributed by atoms with van der Waals surface area (Å²) in [5, 5.41) is 0. The molecule has 4 nitrogen and oxygen atoms in total. The number of aromatic nitrogens is 1. The van der Waals surface area contributed by atoms with E-state index in [2.05, 4.69) is 41.0 Å². The fraction of sp³-hybridized carbons (Fsp3) is 0.500. The number of anilines is 2. The standard InChI is InChI=1S/C14H20N4S/c1-17-6-5-10(7-17)8-18(2)11-3-4-12-14(13(11)15)16-9-19-12/h3-4,9-10H,5-8,15H2,1-2H3. The molecule has 3 rings (SSSR count). The maximum absolute atomic E-state index is 6.26. The van der Waals surface area contributed by atoms with Gasteiger partial charge in [-0.3, -0.25) is 0 Å². The van der Waals surface area contributed by atoms with Crippen LogP contribution in [0.3, 0.4) is 0 Å². The average molecular weight is 276 g/mol. The number of rotatable bonds is 3. The van der Waals surface area contributed by atoms with E-state index in [0.29, 0.717) is 0 Å². The number of nitrogens with zero attached hydrogens (tertiary/aromatic N) is 3. The summed E-state index contributed by atoms with van der Waals surface area (Å²) in [7, 11) is 4.32. The lowest BCUT2D eigenvalue weighted by Crippen LogP contribution is -2.27. The zero-order chi connectivity index (χ0) is 13.4. The van der Waals surface area contributed by atoms with E-state index in [1.165, 1.54) is 19.5 Å². The predicted octanol–water partition coefficient (Wildman–Crippen LogP) is 2.27. The lowest BCUT2D eigenvalue weighted by Gasteiger charge is -2.24. The first kappa shape index (κ1) is 12.7. The number of nitrogen functional groups attached to an aromatic ring is 1. The van der Waals surface area contributed by atoms with E-state index in [1.54, 1.807) is 11.3 Å². The van der Waals surface area contributed by atoms with Gasteiger partial charge in [0.1, 0.15) is 5.52 Å². The van der Waals surface area contributed by atoms with E-state index in [1.807, 2.05) is 5.51 Å². The summed E-state index contributed by atoms with van der Waals surface area (Å²) in [5.74, 6) is 0.737. The number of likely N-dealkylation sites (tertiary alicyclic amines) is 1. The molecule has 1 unspecified atom stereocenters.